The maximum Gasteiger partial charge on any atom is 0.0465 e. The Morgan fingerprint density at radius 3 is 1.41 bits per heavy atom. The highest BCUT2D eigenvalue weighted by Gasteiger charge is 2.43. The van der Waals surface area contributed by atoms with Gasteiger partial charge < -0.3 is 4.90 Å². The molecule has 0 bridgehead atoms. The maximum atomic E-state index is 2.51. The second-order valence-electron chi connectivity index (χ2n) is 16.6. The van der Waals surface area contributed by atoms with Gasteiger partial charge in [-0.25, -0.2) is 0 Å². The van der Waals surface area contributed by atoms with Crippen LogP contribution in [0.25, 0.3) is 22.3 Å². The zero-order valence-electron chi connectivity index (χ0n) is 30.0. The Bertz CT molecular complexity index is 1950. The minimum Gasteiger partial charge on any atom is -0.310 e. The summed E-state index contributed by atoms with van der Waals surface area (Å²) in [5, 5.41) is 0. The van der Waals surface area contributed by atoms with E-state index >= 15 is 0 Å². The Morgan fingerprint density at radius 1 is 0.429 bits per heavy atom. The fourth-order valence-corrected chi connectivity index (χ4v) is 10.3. The number of hydrogen-bond donors (Lipinski definition) is 0. The maximum absolute atomic E-state index is 2.51. The van der Waals surface area contributed by atoms with Gasteiger partial charge in [-0.2, -0.15) is 0 Å². The molecule has 0 amide bonds. The molecule has 2 saturated carbocycles. The third-order valence-corrected chi connectivity index (χ3v) is 13.1. The monoisotopic (exact) mass is 641 g/mol. The topological polar surface area (TPSA) is 3.24 Å². The minimum atomic E-state index is -0.0985. The van der Waals surface area contributed by atoms with Crippen LogP contribution in [0, 0.1) is 0 Å². The molecule has 0 spiro atoms. The molecule has 5 aromatic carbocycles. The van der Waals surface area contributed by atoms with Gasteiger partial charge in [-0.3, -0.25) is 0 Å². The lowest BCUT2D eigenvalue weighted by molar-refractivity contribution is 0.443. The van der Waals surface area contributed by atoms with Crippen LogP contribution in [0.4, 0.5) is 17.1 Å². The predicted octanol–water partition coefficient (Wildman–Crippen LogP) is 13.9. The van der Waals surface area contributed by atoms with E-state index in [1.54, 1.807) is 0 Å². The van der Waals surface area contributed by atoms with Crippen LogP contribution in [-0.4, -0.2) is 0 Å². The van der Waals surface area contributed by atoms with Crippen molar-refractivity contribution in [1.82, 2.24) is 0 Å². The standard InChI is InChI=1S/C48H51N/c1-47(2)41-18-12-11-17-39(41)45-42(47)29-30-43-46(45)40-28-27-38(31-44(40)48(43,3)4)49(36-23-19-34(20-24-36)32-13-7-5-8-14-32)37-25-21-35(22-26-37)33-15-9-6-10-16-33/h11-12,17-33H,5-10,13-16H2,1-4H3. The molecule has 0 atom stereocenters. The van der Waals surface area contributed by atoms with Crippen LogP contribution in [-0.2, 0) is 10.8 Å². The van der Waals surface area contributed by atoms with Crippen molar-refractivity contribution in [3.63, 3.8) is 0 Å². The highest BCUT2D eigenvalue weighted by Crippen LogP contribution is 2.59. The molecule has 2 fully saturated rings. The predicted molar refractivity (Wildman–Crippen MR) is 208 cm³/mol. The van der Waals surface area contributed by atoms with Crippen molar-refractivity contribution in [2.24, 2.45) is 0 Å². The molecular formula is C48H51N. The molecule has 49 heavy (non-hydrogen) atoms. The summed E-state index contributed by atoms with van der Waals surface area (Å²) < 4.78 is 0. The van der Waals surface area contributed by atoms with Crippen LogP contribution >= 0.6 is 0 Å². The van der Waals surface area contributed by atoms with Crippen LogP contribution in [0.15, 0.2) is 103 Å². The highest BCUT2D eigenvalue weighted by atomic mass is 15.1. The van der Waals surface area contributed by atoms with Crippen molar-refractivity contribution in [3.8, 4) is 22.3 Å². The molecule has 9 rings (SSSR count). The first-order valence-electron chi connectivity index (χ1n) is 19.2. The summed E-state index contributed by atoms with van der Waals surface area (Å²) in [6, 6.07) is 40.5. The molecule has 4 aliphatic rings. The van der Waals surface area contributed by atoms with E-state index in [0.29, 0.717) is 11.8 Å². The van der Waals surface area contributed by atoms with E-state index in [1.165, 1.54) is 137 Å². The van der Waals surface area contributed by atoms with E-state index in [9.17, 15) is 0 Å². The fourth-order valence-electron chi connectivity index (χ4n) is 10.3. The lowest BCUT2D eigenvalue weighted by Crippen LogP contribution is -2.17. The van der Waals surface area contributed by atoms with Gasteiger partial charge in [0.1, 0.15) is 0 Å². The van der Waals surface area contributed by atoms with E-state index < -0.39 is 0 Å². The van der Waals surface area contributed by atoms with Crippen molar-refractivity contribution >= 4 is 17.1 Å². The summed E-state index contributed by atoms with van der Waals surface area (Å²) in [5.41, 5.74) is 18.1. The van der Waals surface area contributed by atoms with Gasteiger partial charge in [0, 0.05) is 27.9 Å². The van der Waals surface area contributed by atoms with Gasteiger partial charge in [0.15, 0.2) is 0 Å². The first kappa shape index (κ1) is 30.9. The van der Waals surface area contributed by atoms with Crippen LogP contribution in [0.1, 0.15) is 137 Å². The van der Waals surface area contributed by atoms with Crippen LogP contribution in [0.2, 0.25) is 0 Å². The second-order valence-corrected chi connectivity index (χ2v) is 16.6. The fraction of sp³-hybridized carbons (Fsp3) is 0.375. The quantitative estimate of drug-likeness (QED) is 0.185. The summed E-state index contributed by atoms with van der Waals surface area (Å²) in [5.74, 6) is 1.42. The van der Waals surface area contributed by atoms with Gasteiger partial charge >= 0.3 is 0 Å². The third-order valence-electron chi connectivity index (χ3n) is 13.1. The molecule has 1 heteroatoms. The highest BCUT2D eigenvalue weighted by molar-refractivity contribution is 5.99. The lowest BCUT2D eigenvalue weighted by atomic mass is 9.79. The zero-order chi connectivity index (χ0) is 33.3. The normalized spacial score (nSPS) is 19.2. The van der Waals surface area contributed by atoms with Crippen molar-refractivity contribution in [2.75, 3.05) is 4.90 Å². The molecule has 0 unspecified atom stereocenters. The molecule has 0 heterocycles. The van der Waals surface area contributed by atoms with Crippen molar-refractivity contribution in [2.45, 2.75) is 115 Å². The molecule has 0 radical (unpaired) electrons. The number of anilines is 3. The summed E-state index contributed by atoms with van der Waals surface area (Å²) in [7, 11) is 0. The Labute approximate surface area is 294 Å². The SMILES string of the molecule is CC1(C)c2ccccc2-c2c1ccc1c2-c2ccc(N(c3ccc(C4CCCCC4)cc3)c3ccc(C4CCCCC4)cc3)cc2C1(C)C. The van der Waals surface area contributed by atoms with Gasteiger partial charge in [0.2, 0.25) is 0 Å². The minimum absolute atomic E-state index is 0.00182. The van der Waals surface area contributed by atoms with E-state index in [-0.39, 0.29) is 10.8 Å². The number of hydrogen-bond acceptors (Lipinski definition) is 1. The first-order valence-corrected chi connectivity index (χ1v) is 19.2. The Balaban J connectivity index is 1.16. The molecule has 0 aromatic heterocycles. The Morgan fingerprint density at radius 2 is 0.878 bits per heavy atom. The van der Waals surface area contributed by atoms with Crippen molar-refractivity contribution in [3.05, 3.63) is 137 Å². The van der Waals surface area contributed by atoms with Crippen LogP contribution in [0.5, 0.6) is 0 Å². The van der Waals surface area contributed by atoms with Crippen molar-refractivity contribution < 1.29 is 0 Å². The Kier molecular flexibility index (Phi) is 7.42. The van der Waals surface area contributed by atoms with Crippen LogP contribution < -0.4 is 4.90 Å². The average Bonchev–Trinajstić information content (AvgIpc) is 3.52. The molecule has 5 aromatic rings. The molecule has 0 saturated heterocycles. The summed E-state index contributed by atoms with van der Waals surface area (Å²) in [6.45, 7) is 9.65. The largest absolute Gasteiger partial charge is 0.310 e. The first-order chi connectivity index (χ1) is 23.8. The number of rotatable bonds is 5. The van der Waals surface area contributed by atoms with Gasteiger partial charge in [0.25, 0.3) is 0 Å². The number of nitrogens with zero attached hydrogens (tertiary/aromatic N) is 1. The van der Waals surface area contributed by atoms with Crippen LogP contribution in [0.3, 0.4) is 0 Å². The van der Waals surface area contributed by atoms with Gasteiger partial charge in [-0.1, -0.05) is 133 Å². The Hall–Kier alpha value is -4.10. The molecule has 248 valence electrons. The van der Waals surface area contributed by atoms with E-state index in [2.05, 4.69) is 136 Å². The second kappa shape index (κ2) is 11.8. The number of fused-ring (bicyclic) bond motifs is 7. The average molecular weight is 642 g/mol. The van der Waals surface area contributed by atoms with Gasteiger partial charge in [-0.15, -0.1) is 0 Å². The smallest absolute Gasteiger partial charge is 0.0465 e. The summed E-state index contributed by atoms with van der Waals surface area (Å²) >= 11 is 0. The third kappa shape index (κ3) is 4.94. The molecule has 0 aliphatic heterocycles. The van der Waals surface area contributed by atoms with Crippen molar-refractivity contribution in [1.29, 1.82) is 0 Å². The molecule has 0 N–H and O–H groups in total. The van der Waals surface area contributed by atoms with E-state index in [1.807, 2.05) is 0 Å². The van der Waals surface area contributed by atoms with E-state index in [0.717, 1.165) is 0 Å². The molecule has 4 aliphatic carbocycles. The van der Waals surface area contributed by atoms with Gasteiger partial charge in [-0.05, 0) is 130 Å². The summed E-state index contributed by atoms with van der Waals surface area (Å²) in [6.07, 6.45) is 13.6. The number of benzene rings is 5. The summed E-state index contributed by atoms with van der Waals surface area (Å²) in [4.78, 5) is 2.51. The molecule has 1 nitrogen and oxygen atoms in total. The zero-order valence-corrected chi connectivity index (χ0v) is 30.0. The lowest BCUT2D eigenvalue weighted by Gasteiger charge is -2.29. The van der Waals surface area contributed by atoms with E-state index in [4.69, 9.17) is 0 Å². The molecular weight excluding hydrogens is 591 g/mol. The van der Waals surface area contributed by atoms with Gasteiger partial charge in [0.05, 0.1) is 0 Å².